The predicted molar refractivity (Wildman–Crippen MR) is 102 cm³/mol. The molecule has 0 saturated carbocycles. The number of likely N-dealkylation sites (tertiary alicyclic amines) is 2. The van der Waals surface area contributed by atoms with Gasteiger partial charge in [0.15, 0.2) is 4.34 Å². The van der Waals surface area contributed by atoms with E-state index >= 15 is 0 Å². The van der Waals surface area contributed by atoms with E-state index < -0.39 is 0 Å². The van der Waals surface area contributed by atoms with Gasteiger partial charge in [0.25, 0.3) is 0 Å². The van der Waals surface area contributed by atoms with Gasteiger partial charge in [0, 0.05) is 26.2 Å². The van der Waals surface area contributed by atoms with Crippen molar-refractivity contribution < 1.29 is 9.59 Å². The van der Waals surface area contributed by atoms with Gasteiger partial charge in [-0.25, -0.2) is 4.98 Å². The van der Waals surface area contributed by atoms with Crippen LogP contribution in [0.4, 0.5) is 0 Å². The quantitative estimate of drug-likeness (QED) is 0.684. The van der Waals surface area contributed by atoms with Crippen LogP contribution < -0.4 is 0 Å². The fourth-order valence-electron chi connectivity index (χ4n) is 3.03. The lowest BCUT2D eigenvalue weighted by atomic mass is 10.1. The maximum absolute atomic E-state index is 12.2. The summed E-state index contributed by atoms with van der Waals surface area (Å²) in [5, 5.41) is 0.642. The second-order valence-electron chi connectivity index (χ2n) is 6.30. The Bertz CT molecular complexity index is 535. The monoisotopic (exact) mass is 400 g/mol. The lowest BCUT2D eigenvalue weighted by Crippen LogP contribution is -2.36. The van der Waals surface area contributed by atoms with E-state index in [0.29, 0.717) is 16.7 Å². The first-order chi connectivity index (χ1) is 12.2. The van der Waals surface area contributed by atoms with E-state index in [9.17, 15) is 9.59 Å². The number of amides is 2. The summed E-state index contributed by atoms with van der Waals surface area (Å²) in [7, 11) is 0. The van der Waals surface area contributed by atoms with Gasteiger partial charge < -0.3 is 9.80 Å². The Hall–Kier alpha value is -0.800. The van der Waals surface area contributed by atoms with Crippen LogP contribution in [0.3, 0.4) is 0 Å². The molecule has 0 aliphatic carbocycles. The molecule has 1 aromatic rings. The van der Waals surface area contributed by atoms with Gasteiger partial charge in [-0.3, -0.25) is 9.59 Å². The maximum Gasteiger partial charge on any atom is 0.233 e. The van der Waals surface area contributed by atoms with Crippen LogP contribution in [0, 0.1) is 0 Å². The zero-order chi connectivity index (χ0) is 17.5. The maximum atomic E-state index is 12.2. The number of hydrogen-bond donors (Lipinski definition) is 0. The minimum Gasteiger partial charge on any atom is -0.342 e. The summed E-state index contributed by atoms with van der Waals surface area (Å²) in [5.41, 5.74) is 0. The van der Waals surface area contributed by atoms with E-state index in [1.807, 2.05) is 9.80 Å². The number of carbonyl (C=O) groups is 2. The molecule has 0 N–H and O–H groups in total. The van der Waals surface area contributed by atoms with Crippen LogP contribution in [0.1, 0.15) is 38.5 Å². The molecule has 0 spiro atoms. The van der Waals surface area contributed by atoms with E-state index in [2.05, 4.69) is 9.36 Å². The van der Waals surface area contributed by atoms with Gasteiger partial charge in [0.2, 0.25) is 17.0 Å². The van der Waals surface area contributed by atoms with Crippen molar-refractivity contribution in [2.45, 2.75) is 48.0 Å². The molecule has 0 bridgehead atoms. The summed E-state index contributed by atoms with van der Waals surface area (Å²) in [6.45, 7) is 3.53. The van der Waals surface area contributed by atoms with Crippen molar-refractivity contribution in [1.29, 1.82) is 0 Å². The molecule has 0 radical (unpaired) electrons. The Morgan fingerprint density at radius 1 is 0.840 bits per heavy atom. The van der Waals surface area contributed by atoms with Crippen molar-refractivity contribution in [1.82, 2.24) is 19.2 Å². The Morgan fingerprint density at radius 3 is 1.92 bits per heavy atom. The number of piperidine rings is 2. The van der Waals surface area contributed by atoms with Crippen LogP contribution in [0.25, 0.3) is 0 Å². The highest BCUT2D eigenvalue weighted by Gasteiger charge is 2.19. The number of rotatable bonds is 6. The standard InChI is InChI=1S/C16H24N4O2S3/c21-13(19-7-3-1-4-8-19)11-23-15-17-16(25-18-15)24-12-14(22)20-9-5-2-6-10-20/h1-12H2. The molecule has 6 nitrogen and oxygen atoms in total. The topological polar surface area (TPSA) is 66.4 Å². The third-order valence-corrected chi connectivity index (χ3v) is 7.22. The zero-order valence-corrected chi connectivity index (χ0v) is 16.8. The smallest absolute Gasteiger partial charge is 0.233 e. The molecule has 0 aromatic carbocycles. The molecule has 3 heterocycles. The number of hydrogen-bond acceptors (Lipinski definition) is 7. The Labute approximate surface area is 161 Å². The predicted octanol–water partition coefficient (Wildman–Crippen LogP) is 2.75. The minimum atomic E-state index is 0.175. The molecule has 0 unspecified atom stereocenters. The van der Waals surface area contributed by atoms with Crippen LogP contribution >= 0.6 is 35.1 Å². The largest absolute Gasteiger partial charge is 0.342 e. The van der Waals surface area contributed by atoms with Gasteiger partial charge in [-0.2, -0.15) is 4.37 Å². The summed E-state index contributed by atoms with van der Waals surface area (Å²) in [6.07, 6.45) is 6.89. The second-order valence-corrected chi connectivity index (χ2v) is 9.22. The highest BCUT2D eigenvalue weighted by molar-refractivity contribution is 8.02. The summed E-state index contributed by atoms with van der Waals surface area (Å²) in [6, 6.07) is 0. The molecule has 2 aliphatic rings. The van der Waals surface area contributed by atoms with E-state index in [1.165, 1.54) is 47.9 Å². The molecule has 138 valence electrons. The zero-order valence-electron chi connectivity index (χ0n) is 14.3. The number of aromatic nitrogens is 2. The molecule has 25 heavy (non-hydrogen) atoms. The molecular formula is C16H24N4O2S3. The molecule has 1 aromatic heterocycles. The Morgan fingerprint density at radius 2 is 1.36 bits per heavy atom. The normalized spacial score (nSPS) is 18.4. The van der Waals surface area contributed by atoms with Crippen molar-refractivity contribution >= 4 is 46.9 Å². The van der Waals surface area contributed by atoms with Gasteiger partial charge >= 0.3 is 0 Å². The number of nitrogens with zero attached hydrogens (tertiary/aromatic N) is 4. The van der Waals surface area contributed by atoms with Crippen molar-refractivity contribution in [2.24, 2.45) is 0 Å². The summed E-state index contributed by atoms with van der Waals surface area (Å²) >= 11 is 4.15. The number of carbonyl (C=O) groups excluding carboxylic acids is 2. The van der Waals surface area contributed by atoms with E-state index in [0.717, 1.165) is 56.2 Å². The van der Waals surface area contributed by atoms with Gasteiger partial charge in [-0.1, -0.05) is 23.5 Å². The Balaban J connectivity index is 1.39. The third kappa shape index (κ3) is 5.86. The van der Waals surface area contributed by atoms with Crippen molar-refractivity contribution in [3.05, 3.63) is 0 Å². The van der Waals surface area contributed by atoms with E-state index in [4.69, 9.17) is 0 Å². The highest BCUT2D eigenvalue weighted by atomic mass is 32.2. The van der Waals surface area contributed by atoms with E-state index in [-0.39, 0.29) is 11.8 Å². The lowest BCUT2D eigenvalue weighted by molar-refractivity contribution is -0.130. The summed E-state index contributed by atoms with van der Waals surface area (Å²) < 4.78 is 5.10. The first-order valence-corrected chi connectivity index (χ1v) is 11.6. The van der Waals surface area contributed by atoms with Crippen LogP contribution in [0.5, 0.6) is 0 Å². The van der Waals surface area contributed by atoms with Crippen molar-refractivity contribution in [3.8, 4) is 0 Å². The fourth-order valence-corrected chi connectivity index (χ4v) is 5.47. The molecule has 3 rings (SSSR count). The van der Waals surface area contributed by atoms with E-state index in [1.54, 1.807) is 0 Å². The molecule has 9 heteroatoms. The molecule has 2 fully saturated rings. The average molecular weight is 401 g/mol. The molecule has 2 aliphatic heterocycles. The summed E-state index contributed by atoms with van der Waals surface area (Å²) in [4.78, 5) is 32.7. The fraction of sp³-hybridized carbons (Fsp3) is 0.750. The molecule has 2 amide bonds. The van der Waals surface area contributed by atoms with Crippen LogP contribution in [0.2, 0.25) is 0 Å². The first kappa shape index (κ1) is 19.0. The molecule has 0 atom stereocenters. The van der Waals surface area contributed by atoms with Gasteiger partial charge in [0.1, 0.15) is 0 Å². The lowest BCUT2D eigenvalue weighted by Gasteiger charge is -2.26. The third-order valence-electron chi connectivity index (χ3n) is 4.45. The van der Waals surface area contributed by atoms with Crippen LogP contribution in [-0.2, 0) is 9.59 Å². The average Bonchev–Trinajstić information content (AvgIpc) is 3.13. The van der Waals surface area contributed by atoms with Crippen molar-refractivity contribution in [2.75, 3.05) is 37.7 Å². The summed E-state index contributed by atoms with van der Waals surface area (Å²) in [5.74, 6) is 1.18. The SMILES string of the molecule is O=C(CSc1nsc(SCC(=O)N2CCCCC2)n1)N1CCCCC1. The van der Waals surface area contributed by atoms with Gasteiger partial charge in [-0.15, -0.1) is 0 Å². The van der Waals surface area contributed by atoms with Crippen molar-refractivity contribution in [3.63, 3.8) is 0 Å². The molecular weight excluding hydrogens is 376 g/mol. The Kier molecular flexibility index (Phi) is 7.42. The minimum absolute atomic E-state index is 0.175. The number of thioether (sulfide) groups is 2. The van der Waals surface area contributed by atoms with Crippen LogP contribution in [0.15, 0.2) is 9.50 Å². The molecule has 2 saturated heterocycles. The second kappa shape index (κ2) is 9.78. The highest BCUT2D eigenvalue weighted by Crippen LogP contribution is 2.25. The first-order valence-electron chi connectivity index (χ1n) is 8.87. The van der Waals surface area contributed by atoms with Gasteiger partial charge in [-0.05, 0) is 50.1 Å². The van der Waals surface area contributed by atoms with Crippen LogP contribution in [-0.4, -0.2) is 68.7 Å². The van der Waals surface area contributed by atoms with Gasteiger partial charge in [0.05, 0.1) is 11.5 Å².